The van der Waals surface area contributed by atoms with E-state index in [0.717, 1.165) is 17.0 Å². The van der Waals surface area contributed by atoms with Gasteiger partial charge in [0.15, 0.2) is 0 Å². The molecule has 0 bridgehead atoms. The first-order chi connectivity index (χ1) is 15.2. The predicted octanol–water partition coefficient (Wildman–Crippen LogP) is 4.92. The Kier molecular flexibility index (Phi) is 5.27. The van der Waals surface area contributed by atoms with Crippen LogP contribution in [-0.4, -0.2) is 21.7 Å². The summed E-state index contributed by atoms with van der Waals surface area (Å²) in [5.74, 6) is -2.71. The molecule has 32 heavy (non-hydrogen) atoms. The summed E-state index contributed by atoms with van der Waals surface area (Å²) in [6, 6.07) is 10.5. The lowest BCUT2D eigenvalue weighted by Gasteiger charge is -2.23. The molecular weight excluding hydrogens is 443 g/mol. The molecule has 0 aliphatic carbocycles. The molecule has 0 spiro atoms. The molecule has 4 rings (SSSR count). The zero-order valence-electron chi connectivity index (χ0n) is 16.4. The number of aliphatic hydroxyl groups is 1. The van der Waals surface area contributed by atoms with Crippen molar-refractivity contribution in [2.45, 2.75) is 13.0 Å². The molecule has 1 N–H and O–H groups in total. The molecule has 1 aliphatic heterocycles. The number of benzene rings is 2. The van der Waals surface area contributed by atoms with Gasteiger partial charge in [0.25, 0.3) is 17.4 Å². The fourth-order valence-electron chi connectivity index (χ4n) is 3.53. The van der Waals surface area contributed by atoms with E-state index in [1.54, 1.807) is 13.0 Å². The lowest BCUT2D eigenvalue weighted by atomic mass is 9.99. The second kappa shape index (κ2) is 7.93. The molecule has 1 atom stereocenters. The first-order valence-corrected chi connectivity index (χ1v) is 9.64. The fraction of sp³-hybridized carbons (Fsp3) is 0.0909. The van der Waals surface area contributed by atoms with Gasteiger partial charge in [-0.1, -0.05) is 23.7 Å². The van der Waals surface area contributed by atoms with Crippen LogP contribution in [0.3, 0.4) is 0 Å². The average molecular weight is 457 g/mol. The highest BCUT2D eigenvalue weighted by Gasteiger charge is 2.48. The zero-order valence-corrected chi connectivity index (χ0v) is 17.2. The van der Waals surface area contributed by atoms with Gasteiger partial charge in [0.1, 0.15) is 29.1 Å². The van der Waals surface area contributed by atoms with E-state index in [1.807, 2.05) is 0 Å². The Morgan fingerprint density at radius 3 is 2.56 bits per heavy atom. The number of carbonyl (C=O) groups is 2. The maximum absolute atomic E-state index is 13.7. The SMILES string of the molecule is Cc1ccc(C2/C(=C(/O)c3cccc([N+](=O)[O-])c3)C(=O)C(=O)N2c2ccc(F)c(Cl)c2)o1. The topological polar surface area (TPSA) is 114 Å². The largest absolute Gasteiger partial charge is 0.507 e. The molecule has 0 radical (unpaired) electrons. The van der Waals surface area contributed by atoms with Crippen molar-refractivity contribution in [1.82, 2.24) is 0 Å². The number of anilines is 1. The maximum Gasteiger partial charge on any atom is 0.300 e. The zero-order chi connectivity index (χ0) is 23.2. The van der Waals surface area contributed by atoms with Crippen molar-refractivity contribution in [2.24, 2.45) is 0 Å². The van der Waals surface area contributed by atoms with Crippen molar-refractivity contribution in [3.8, 4) is 0 Å². The van der Waals surface area contributed by atoms with Crippen molar-refractivity contribution in [1.29, 1.82) is 0 Å². The third kappa shape index (κ3) is 3.52. The van der Waals surface area contributed by atoms with E-state index in [9.17, 15) is 29.2 Å². The normalized spacial score (nSPS) is 17.7. The number of nitro benzene ring substituents is 1. The number of hydrogen-bond acceptors (Lipinski definition) is 6. The third-order valence-electron chi connectivity index (χ3n) is 4.99. The lowest BCUT2D eigenvalue weighted by Crippen LogP contribution is -2.29. The second-order valence-electron chi connectivity index (χ2n) is 7.02. The number of Topliss-reactive ketones (excluding diaryl/α,β-unsaturated/α-hetero) is 1. The highest BCUT2D eigenvalue weighted by molar-refractivity contribution is 6.51. The van der Waals surface area contributed by atoms with Crippen molar-refractivity contribution in [3.05, 3.63) is 98.2 Å². The van der Waals surface area contributed by atoms with Gasteiger partial charge < -0.3 is 9.52 Å². The number of nitrogens with zero attached hydrogens (tertiary/aromatic N) is 2. The van der Waals surface area contributed by atoms with Gasteiger partial charge in [0, 0.05) is 23.4 Å². The number of rotatable bonds is 4. The highest BCUT2D eigenvalue weighted by Crippen LogP contribution is 2.43. The standard InChI is InChI=1S/C22H14ClFN2O6/c1-11-5-8-17(32-11)19-18(20(27)12-3-2-4-14(9-12)26(30)31)21(28)22(29)25(19)13-6-7-16(24)15(23)10-13/h2-10,19,27H,1H3/b20-18-. The van der Waals surface area contributed by atoms with Crippen LogP contribution in [0.2, 0.25) is 5.02 Å². The number of carbonyl (C=O) groups excluding carboxylic acids is 2. The molecule has 10 heteroatoms. The van der Waals surface area contributed by atoms with E-state index in [4.69, 9.17) is 16.0 Å². The summed E-state index contributed by atoms with van der Waals surface area (Å²) in [6.07, 6.45) is 0. The molecular formula is C22H14ClFN2O6. The summed E-state index contributed by atoms with van der Waals surface area (Å²) < 4.78 is 19.3. The van der Waals surface area contributed by atoms with Gasteiger partial charge in [-0.25, -0.2) is 4.39 Å². The lowest BCUT2D eigenvalue weighted by molar-refractivity contribution is -0.384. The minimum Gasteiger partial charge on any atom is -0.507 e. The van der Waals surface area contributed by atoms with Gasteiger partial charge in [-0.3, -0.25) is 24.6 Å². The molecule has 0 saturated carbocycles. The number of non-ortho nitro benzene ring substituents is 1. The number of hydrogen-bond donors (Lipinski definition) is 1. The summed E-state index contributed by atoms with van der Waals surface area (Å²) in [4.78, 5) is 37.4. The molecule has 1 unspecified atom stereocenters. The molecule has 8 nitrogen and oxygen atoms in total. The van der Waals surface area contributed by atoms with Crippen LogP contribution in [0.4, 0.5) is 15.8 Å². The Hall–Kier alpha value is -3.98. The first kappa shape index (κ1) is 21.3. The van der Waals surface area contributed by atoms with Crippen LogP contribution < -0.4 is 4.90 Å². The summed E-state index contributed by atoms with van der Waals surface area (Å²) in [5, 5.41) is 21.8. The number of amides is 1. The van der Waals surface area contributed by atoms with E-state index in [2.05, 4.69) is 0 Å². The van der Waals surface area contributed by atoms with E-state index in [1.165, 1.54) is 36.4 Å². The van der Waals surface area contributed by atoms with E-state index in [0.29, 0.717) is 5.76 Å². The number of aryl methyl sites for hydroxylation is 1. The van der Waals surface area contributed by atoms with Gasteiger partial charge in [-0.15, -0.1) is 0 Å². The van der Waals surface area contributed by atoms with E-state index in [-0.39, 0.29) is 33.3 Å². The predicted molar refractivity (Wildman–Crippen MR) is 113 cm³/mol. The van der Waals surface area contributed by atoms with Gasteiger partial charge in [0.05, 0.1) is 15.5 Å². The molecule has 1 amide bonds. The number of aliphatic hydroxyl groups excluding tert-OH is 1. The van der Waals surface area contributed by atoms with Crippen molar-refractivity contribution in [2.75, 3.05) is 4.90 Å². The van der Waals surface area contributed by atoms with Crippen molar-refractivity contribution >= 4 is 40.4 Å². The molecule has 1 saturated heterocycles. The minimum absolute atomic E-state index is 0.0254. The number of ketones is 1. The molecule has 3 aromatic rings. The summed E-state index contributed by atoms with van der Waals surface area (Å²) in [7, 11) is 0. The molecule has 1 aromatic heterocycles. The maximum atomic E-state index is 13.7. The number of halogens is 2. The Morgan fingerprint density at radius 2 is 1.94 bits per heavy atom. The molecule has 162 valence electrons. The monoisotopic (exact) mass is 456 g/mol. The smallest absolute Gasteiger partial charge is 0.300 e. The average Bonchev–Trinajstić information content (AvgIpc) is 3.31. The van der Waals surface area contributed by atoms with Crippen LogP contribution in [0.25, 0.3) is 5.76 Å². The number of nitro groups is 1. The highest BCUT2D eigenvalue weighted by atomic mass is 35.5. The fourth-order valence-corrected chi connectivity index (χ4v) is 3.70. The Morgan fingerprint density at radius 1 is 1.19 bits per heavy atom. The van der Waals surface area contributed by atoms with Gasteiger partial charge in [-0.2, -0.15) is 0 Å². The van der Waals surface area contributed by atoms with Crippen LogP contribution in [0.5, 0.6) is 0 Å². The van der Waals surface area contributed by atoms with Gasteiger partial charge >= 0.3 is 0 Å². The van der Waals surface area contributed by atoms with Crippen LogP contribution >= 0.6 is 11.6 Å². The molecule has 2 heterocycles. The molecule has 1 fully saturated rings. The Balaban J connectivity index is 1.95. The number of furan rings is 1. The van der Waals surface area contributed by atoms with Gasteiger partial charge in [-0.05, 0) is 37.3 Å². The Labute approximate surface area is 185 Å². The van der Waals surface area contributed by atoms with Crippen LogP contribution in [0, 0.1) is 22.9 Å². The van der Waals surface area contributed by atoms with Crippen LogP contribution in [0.15, 0.2) is 64.6 Å². The summed E-state index contributed by atoms with van der Waals surface area (Å²) in [5.41, 5.74) is -0.553. The second-order valence-corrected chi connectivity index (χ2v) is 7.43. The summed E-state index contributed by atoms with van der Waals surface area (Å²) >= 11 is 5.87. The van der Waals surface area contributed by atoms with Crippen LogP contribution in [0.1, 0.15) is 23.1 Å². The third-order valence-corrected chi connectivity index (χ3v) is 5.28. The first-order valence-electron chi connectivity index (χ1n) is 9.26. The van der Waals surface area contributed by atoms with Crippen LogP contribution in [-0.2, 0) is 9.59 Å². The van der Waals surface area contributed by atoms with E-state index >= 15 is 0 Å². The molecule has 1 aliphatic rings. The van der Waals surface area contributed by atoms with Crippen molar-refractivity contribution < 1.29 is 28.4 Å². The molecule has 2 aromatic carbocycles. The van der Waals surface area contributed by atoms with Crippen molar-refractivity contribution in [3.63, 3.8) is 0 Å². The van der Waals surface area contributed by atoms with Gasteiger partial charge in [0.2, 0.25) is 0 Å². The quantitative estimate of drug-likeness (QED) is 0.196. The minimum atomic E-state index is -1.20. The Bertz CT molecular complexity index is 1320. The van der Waals surface area contributed by atoms with E-state index < -0.39 is 34.2 Å². The summed E-state index contributed by atoms with van der Waals surface area (Å²) in [6.45, 7) is 1.66.